The van der Waals surface area contributed by atoms with Gasteiger partial charge in [0.2, 0.25) is 0 Å². The fourth-order valence-corrected chi connectivity index (χ4v) is 2.08. The van der Waals surface area contributed by atoms with Gasteiger partial charge in [0.15, 0.2) is 5.78 Å². The molecule has 0 spiro atoms. The first-order valence-electron chi connectivity index (χ1n) is 6.52. The van der Waals surface area contributed by atoms with E-state index in [0.717, 1.165) is 24.3 Å². The van der Waals surface area contributed by atoms with Crippen molar-refractivity contribution in [2.24, 2.45) is 0 Å². The molecule has 0 aliphatic carbocycles. The highest BCUT2D eigenvalue weighted by Crippen LogP contribution is 2.30. The third-order valence-corrected chi connectivity index (χ3v) is 3.39. The monoisotopic (exact) mass is 355 g/mol. The summed E-state index contributed by atoms with van der Waals surface area (Å²) in [4.78, 5) is 22.1. The molecule has 0 aliphatic heterocycles. The normalized spacial score (nSPS) is 11.7. The number of ketones is 1. The second-order valence-corrected chi connectivity index (χ2v) is 5.15. The van der Waals surface area contributed by atoms with Crippen molar-refractivity contribution in [1.29, 1.82) is 0 Å². The van der Waals surface area contributed by atoms with Crippen LogP contribution >= 0.6 is 11.6 Å². The van der Waals surface area contributed by atoms with Crippen molar-refractivity contribution in [2.45, 2.75) is 6.18 Å². The van der Waals surface area contributed by atoms with E-state index in [-0.39, 0.29) is 16.1 Å². The zero-order valence-corrected chi connectivity index (χ0v) is 12.6. The molecule has 0 bridgehead atoms. The quantitative estimate of drug-likeness (QED) is 0.329. The van der Waals surface area contributed by atoms with Crippen LogP contribution in [0.4, 0.5) is 18.9 Å². The summed E-state index contributed by atoms with van der Waals surface area (Å²) in [5, 5.41) is 10.7. The second-order valence-electron chi connectivity index (χ2n) is 4.74. The Morgan fingerprint density at radius 3 is 2.50 bits per heavy atom. The van der Waals surface area contributed by atoms with Crippen molar-refractivity contribution in [3.63, 3.8) is 0 Å². The van der Waals surface area contributed by atoms with Crippen LogP contribution in [0.1, 0.15) is 21.5 Å². The number of nitro groups is 1. The lowest BCUT2D eigenvalue weighted by Gasteiger charge is -2.06. The lowest BCUT2D eigenvalue weighted by Crippen LogP contribution is -2.04. The van der Waals surface area contributed by atoms with Crippen LogP contribution in [0, 0.1) is 10.1 Å². The van der Waals surface area contributed by atoms with E-state index in [2.05, 4.69) is 0 Å². The Labute approximate surface area is 139 Å². The SMILES string of the molecule is O=C(C=Cc1cccc(C(F)(F)F)c1)c1ccc(Cl)c([N+](=O)[O-])c1. The molecule has 2 aromatic rings. The number of nitrogens with zero attached hydrogens (tertiary/aromatic N) is 1. The highest BCUT2D eigenvalue weighted by molar-refractivity contribution is 6.32. The topological polar surface area (TPSA) is 60.2 Å². The number of hydrogen-bond donors (Lipinski definition) is 0. The Hall–Kier alpha value is -2.67. The molecule has 0 aliphatic rings. The summed E-state index contributed by atoms with van der Waals surface area (Å²) in [6, 6.07) is 7.97. The number of nitro benzene ring substituents is 1. The summed E-state index contributed by atoms with van der Waals surface area (Å²) >= 11 is 5.65. The molecule has 0 aromatic heterocycles. The van der Waals surface area contributed by atoms with Crippen LogP contribution in [0.3, 0.4) is 0 Å². The van der Waals surface area contributed by atoms with Crippen molar-refractivity contribution in [1.82, 2.24) is 0 Å². The average Bonchev–Trinajstić information content (AvgIpc) is 2.52. The van der Waals surface area contributed by atoms with E-state index < -0.39 is 28.1 Å². The molecule has 0 amide bonds. The number of benzene rings is 2. The van der Waals surface area contributed by atoms with Gasteiger partial charge in [0.25, 0.3) is 5.69 Å². The van der Waals surface area contributed by atoms with Crippen LogP contribution in [0.5, 0.6) is 0 Å². The minimum Gasteiger partial charge on any atom is -0.289 e. The number of halogens is 4. The fourth-order valence-electron chi connectivity index (χ4n) is 1.89. The smallest absolute Gasteiger partial charge is 0.289 e. The van der Waals surface area contributed by atoms with E-state index in [0.29, 0.717) is 0 Å². The summed E-state index contributed by atoms with van der Waals surface area (Å²) in [7, 11) is 0. The van der Waals surface area contributed by atoms with Crippen LogP contribution in [-0.4, -0.2) is 10.7 Å². The van der Waals surface area contributed by atoms with Gasteiger partial charge >= 0.3 is 6.18 Å². The van der Waals surface area contributed by atoms with Crippen molar-refractivity contribution < 1.29 is 22.9 Å². The first kappa shape index (κ1) is 17.7. The molecule has 0 heterocycles. The third kappa shape index (κ3) is 4.20. The lowest BCUT2D eigenvalue weighted by atomic mass is 10.1. The molecule has 2 aromatic carbocycles. The first-order valence-corrected chi connectivity index (χ1v) is 6.90. The van der Waals surface area contributed by atoms with E-state index in [4.69, 9.17) is 11.6 Å². The predicted octanol–water partition coefficient (Wildman–Crippen LogP) is 5.16. The minimum absolute atomic E-state index is 0.00864. The predicted molar refractivity (Wildman–Crippen MR) is 82.9 cm³/mol. The summed E-state index contributed by atoms with van der Waals surface area (Å²) in [5.74, 6) is -0.591. The first-order chi connectivity index (χ1) is 11.2. The van der Waals surface area contributed by atoms with Crippen molar-refractivity contribution >= 4 is 29.1 Å². The maximum atomic E-state index is 12.6. The van der Waals surface area contributed by atoms with Crippen LogP contribution in [0.2, 0.25) is 5.02 Å². The number of allylic oxidation sites excluding steroid dienone is 1. The molecule has 0 saturated carbocycles. The molecule has 24 heavy (non-hydrogen) atoms. The Kier molecular flexibility index (Phi) is 5.04. The lowest BCUT2D eigenvalue weighted by molar-refractivity contribution is -0.384. The number of hydrogen-bond acceptors (Lipinski definition) is 3. The molecule has 0 fully saturated rings. The minimum atomic E-state index is -4.48. The van der Waals surface area contributed by atoms with Gasteiger partial charge in [-0.3, -0.25) is 14.9 Å². The van der Waals surface area contributed by atoms with Crippen molar-refractivity contribution in [3.05, 3.63) is 80.4 Å². The largest absolute Gasteiger partial charge is 0.416 e. The molecule has 0 atom stereocenters. The van der Waals surface area contributed by atoms with Gasteiger partial charge < -0.3 is 0 Å². The molecule has 0 radical (unpaired) electrons. The van der Waals surface area contributed by atoms with Crippen LogP contribution < -0.4 is 0 Å². The summed E-state index contributed by atoms with van der Waals surface area (Å²) < 4.78 is 37.9. The number of carbonyl (C=O) groups excluding carboxylic acids is 1. The van der Waals surface area contributed by atoms with E-state index in [9.17, 15) is 28.1 Å². The summed E-state index contributed by atoms with van der Waals surface area (Å²) in [5.41, 5.74) is -1.06. The Morgan fingerprint density at radius 2 is 1.88 bits per heavy atom. The van der Waals surface area contributed by atoms with Crippen LogP contribution in [0.25, 0.3) is 6.08 Å². The maximum Gasteiger partial charge on any atom is 0.416 e. The van der Waals surface area contributed by atoms with E-state index in [1.807, 2.05) is 0 Å². The van der Waals surface area contributed by atoms with Gasteiger partial charge in [-0.1, -0.05) is 29.8 Å². The van der Waals surface area contributed by atoms with Gasteiger partial charge in [-0.25, -0.2) is 0 Å². The van der Waals surface area contributed by atoms with Gasteiger partial charge in [-0.15, -0.1) is 0 Å². The van der Waals surface area contributed by atoms with E-state index in [1.54, 1.807) is 0 Å². The molecule has 2 rings (SSSR count). The van der Waals surface area contributed by atoms with E-state index in [1.165, 1.54) is 30.3 Å². The van der Waals surface area contributed by atoms with Gasteiger partial charge in [0, 0.05) is 11.6 Å². The van der Waals surface area contributed by atoms with Gasteiger partial charge in [0.05, 0.1) is 10.5 Å². The Morgan fingerprint density at radius 1 is 1.17 bits per heavy atom. The molecule has 8 heteroatoms. The summed E-state index contributed by atoms with van der Waals surface area (Å²) in [6.45, 7) is 0. The van der Waals surface area contributed by atoms with Crippen LogP contribution in [-0.2, 0) is 6.18 Å². The third-order valence-electron chi connectivity index (χ3n) is 3.07. The zero-order chi connectivity index (χ0) is 17.9. The number of rotatable bonds is 4. The van der Waals surface area contributed by atoms with Gasteiger partial charge in [-0.2, -0.15) is 13.2 Å². The zero-order valence-electron chi connectivity index (χ0n) is 11.9. The number of alkyl halides is 3. The molecular formula is C16H9ClF3NO3. The second kappa shape index (κ2) is 6.84. The molecule has 0 N–H and O–H groups in total. The Bertz CT molecular complexity index is 832. The summed E-state index contributed by atoms with van der Waals surface area (Å²) in [6.07, 6.45) is -2.23. The van der Waals surface area contributed by atoms with Crippen molar-refractivity contribution in [3.8, 4) is 0 Å². The standard InChI is InChI=1S/C16H9ClF3NO3/c17-13-6-5-11(9-14(13)21(23)24)15(22)7-4-10-2-1-3-12(8-10)16(18,19)20/h1-9H. The fraction of sp³-hybridized carbons (Fsp3) is 0.0625. The molecular weight excluding hydrogens is 347 g/mol. The van der Waals surface area contributed by atoms with E-state index >= 15 is 0 Å². The number of carbonyl (C=O) groups is 1. The van der Waals surface area contributed by atoms with Crippen molar-refractivity contribution in [2.75, 3.05) is 0 Å². The van der Waals surface area contributed by atoms with Gasteiger partial charge in [0.1, 0.15) is 5.02 Å². The molecule has 0 saturated heterocycles. The highest BCUT2D eigenvalue weighted by atomic mass is 35.5. The molecule has 0 unspecified atom stereocenters. The molecule has 4 nitrogen and oxygen atoms in total. The highest BCUT2D eigenvalue weighted by Gasteiger charge is 2.30. The van der Waals surface area contributed by atoms with Crippen LogP contribution in [0.15, 0.2) is 48.5 Å². The maximum absolute atomic E-state index is 12.6. The average molecular weight is 356 g/mol. The Balaban J connectivity index is 2.25. The molecule has 124 valence electrons. The van der Waals surface area contributed by atoms with Gasteiger partial charge in [-0.05, 0) is 35.9 Å².